The van der Waals surface area contributed by atoms with Crippen LogP contribution in [0.4, 0.5) is 0 Å². The quantitative estimate of drug-likeness (QED) is 0.636. The second kappa shape index (κ2) is 8.64. The molecule has 1 aliphatic rings. The molecule has 7 nitrogen and oxygen atoms in total. The van der Waals surface area contributed by atoms with E-state index in [1.165, 1.54) is 12.1 Å². The third-order valence-corrected chi connectivity index (χ3v) is 6.50. The summed E-state index contributed by atoms with van der Waals surface area (Å²) in [5.74, 6) is -0.986. The number of amides is 1. The topological polar surface area (TPSA) is 113 Å². The fourth-order valence-corrected chi connectivity index (χ4v) is 4.34. The molecule has 0 aromatic heterocycles. The van der Waals surface area contributed by atoms with Gasteiger partial charge in [0, 0.05) is 13.0 Å². The van der Waals surface area contributed by atoms with E-state index in [0.29, 0.717) is 18.8 Å². The summed E-state index contributed by atoms with van der Waals surface area (Å²) < 4.78 is 26.6. The van der Waals surface area contributed by atoms with Gasteiger partial charge in [-0.25, -0.2) is 17.9 Å². The highest BCUT2D eigenvalue weighted by atomic mass is 32.2. The Balaban J connectivity index is 1.88. The van der Waals surface area contributed by atoms with E-state index in [1.54, 1.807) is 18.2 Å². The van der Waals surface area contributed by atoms with Crippen molar-refractivity contribution in [3.8, 4) is 0 Å². The normalized spacial score (nSPS) is 23.3. The van der Waals surface area contributed by atoms with E-state index in [1.807, 2.05) is 0 Å². The number of carbonyl (C=O) groups excluding carboxylic acids is 1. The Morgan fingerprint density at radius 1 is 1.19 bits per heavy atom. The first-order chi connectivity index (χ1) is 12.3. The highest BCUT2D eigenvalue weighted by Crippen LogP contribution is 2.34. The maximum absolute atomic E-state index is 12.2. The van der Waals surface area contributed by atoms with Crippen molar-refractivity contribution in [3.63, 3.8) is 0 Å². The number of hydrogen-bond donors (Lipinski definition) is 3. The highest BCUT2D eigenvalue weighted by Gasteiger charge is 2.42. The van der Waals surface area contributed by atoms with Crippen molar-refractivity contribution in [2.75, 3.05) is 6.54 Å². The lowest BCUT2D eigenvalue weighted by molar-refractivity contribution is -0.149. The molecule has 3 N–H and O–H groups in total. The van der Waals surface area contributed by atoms with Crippen LogP contribution in [0.15, 0.2) is 35.2 Å². The van der Waals surface area contributed by atoms with Crippen LogP contribution in [0.25, 0.3) is 0 Å². The first kappa shape index (κ1) is 20.4. The Morgan fingerprint density at radius 2 is 1.81 bits per heavy atom. The van der Waals surface area contributed by atoms with Crippen LogP contribution in [0.2, 0.25) is 0 Å². The van der Waals surface area contributed by atoms with Gasteiger partial charge in [-0.2, -0.15) is 0 Å². The predicted molar refractivity (Wildman–Crippen MR) is 97.0 cm³/mol. The molecule has 0 bridgehead atoms. The standard InChI is InChI=1S/C18H26N2O5S/c1-2-14-8-11-18(12-9-14,17(22)23)20-16(21)10-13-19-26(24,25)15-6-4-3-5-7-15/h3-7,14,19H,2,8-13H2,1H3,(H,20,21)(H,22,23). The third-order valence-electron chi connectivity index (χ3n) is 5.02. The Labute approximate surface area is 154 Å². The van der Waals surface area contributed by atoms with Crippen LogP contribution < -0.4 is 10.0 Å². The molecular formula is C18H26N2O5S. The Bertz CT molecular complexity index is 725. The number of rotatable bonds is 8. The largest absolute Gasteiger partial charge is 0.480 e. The number of hydrogen-bond acceptors (Lipinski definition) is 4. The summed E-state index contributed by atoms with van der Waals surface area (Å²) in [5, 5.41) is 12.2. The van der Waals surface area contributed by atoms with Crippen LogP contribution in [-0.2, 0) is 19.6 Å². The fraction of sp³-hybridized carbons (Fsp3) is 0.556. The molecule has 1 saturated carbocycles. The molecule has 0 heterocycles. The number of sulfonamides is 1. The summed E-state index contributed by atoms with van der Waals surface area (Å²) in [6, 6.07) is 7.88. The molecule has 0 aliphatic heterocycles. The van der Waals surface area contributed by atoms with Gasteiger partial charge in [-0.3, -0.25) is 4.79 Å². The molecule has 8 heteroatoms. The van der Waals surface area contributed by atoms with Crippen molar-refractivity contribution >= 4 is 21.9 Å². The SMILES string of the molecule is CCC1CCC(NC(=O)CCNS(=O)(=O)c2ccccc2)(C(=O)O)CC1. The van der Waals surface area contributed by atoms with Crippen LogP contribution >= 0.6 is 0 Å². The average molecular weight is 382 g/mol. The third kappa shape index (κ3) is 5.04. The van der Waals surface area contributed by atoms with Crippen LogP contribution in [0.5, 0.6) is 0 Å². The summed E-state index contributed by atoms with van der Waals surface area (Å²) >= 11 is 0. The minimum Gasteiger partial charge on any atom is -0.480 e. The van der Waals surface area contributed by atoms with Crippen molar-refractivity contribution in [1.82, 2.24) is 10.0 Å². The van der Waals surface area contributed by atoms with E-state index in [4.69, 9.17) is 0 Å². The molecule has 0 spiro atoms. The van der Waals surface area contributed by atoms with Crippen molar-refractivity contribution < 1.29 is 23.1 Å². The molecule has 2 rings (SSSR count). The van der Waals surface area contributed by atoms with Gasteiger partial charge in [-0.1, -0.05) is 31.5 Å². The molecular weight excluding hydrogens is 356 g/mol. The monoisotopic (exact) mass is 382 g/mol. The van der Waals surface area contributed by atoms with Gasteiger partial charge in [-0.15, -0.1) is 0 Å². The van der Waals surface area contributed by atoms with Crippen LogP contribution in [0.3, 0.4) is 0 Å². The van der Waals surface area contributed by atoms with E-state index in [0.717, 1.165) is 19.3 Å². The van der Waals surface area contributed by atoms with E-state index < -0.39 is 27.4 Å². The summed E-state index contributed by atoms with van der Waals surface area (Å²) in [7, 11) is -3.68. The number of nitrogens with one attached hydrogen (secondary N) is 2. The number of benzene rings is 1. The van der Waals surface area contributed by atoms with Crippen LogP contribution in [0, 0.1) is 5.92 Å². The molecule has 0 saturated heterocycles. The molecule has 144 valence electrons. The Morgan fingerprint density at radius 3 is 2.35 bits per heavy atom. The zero-order chi connectivity index (χ0) is 19.2. The molecule has 26 heavy (non-hydrogen) atoms. The second-order valence-electron chi connectivity index (χ2n) is 6.75. The van der Waals surface area contributed by atoms with Crippen molar-refractivity contribution in [1.29, 1.82) is 0 Å². The summed E-state index contributed by atoms with van der Waals surface area (Å²) in [6.45, 7) is 1.99. The Kier molecular flexibility index (Phi) is 6.77. The summed E-state index contributed by atoms with van der Waals surface area (Å²) in [4.78, 5) is 24.0. The van der Waals surface area contributed by atoms with E-state index in [9.17, 15) is 23.1 Å². The molecule has 1 aliphatic carbocycles. The van der Waals surface area contributed by atoms with Crippen molar-refractivity contribution in [2.45, 2.75) is 55.9 Å². The van der Waals surface area contributed by atoms with Gasteiger partial charge in [0.1, 0.15) is 5.54 Å². The predicted octanol–water partition coefficient (Wildman–Crippen LogP) is 1.89. The lowest BCUT2D eigenvalue weighted by Crippen LogP contribution is -2.56. The summed E-state index contributed by atoms with van der Waals surface area (Å²) in [6.07, 6.45) is 3.24. The molecule has 0 atom stereocenters. The maximum Gasteiger partial charge on any atom is 0.329 e. The molecule has 1 fully saturated rings. The Hall–Kier alpha value is -1.93. The van der Waals surface area contributed by atoms with Gasteiger partial charge in [0.2, 0.25) is 15.9 Å². The number of aliphatic carboxylic acids is 1. The van der Waals surface area contributed by atoms with Crippen LogP contribution in [-0.4, -0.2) is 37.5 Å². The minimum atomic E-state index is -3.68. The zero-order valence-electron chi connectivity index (χ0n) is 14.9. The molecule has 0 radical (unpaired) electrons. The fourth-order valence-electron chi connectivity index (χ4n) is 3.28. The number of carboxylic acids is 1. The second-order valence-corrected chi connectivity index (χ2v) is 8.51. The van der Waals surface area contributed by atoms with Gasteiger partial charge in [0.15, 0.2) is 0 Å². The molecule has 1 aromatic rings. The summed E-state index contributed by atoms with van der Waals surface area (Å²) in [5.41, 5.74) is -1.24. The lowest BCUT2D eigenvalue weighted by Gasteiger charge is -2.37. The van der Waals surface area contributed by atoms with Gasteiger partial charge in [0.25, 0.3) is 0 Å². The van der Waals surface area contributed by atoms with Crippen LogP contribution in [0.1, 0.15) is 45.4 Å². The molecule has 0 unspecified atom stereocenters. The molecule has 1 aromatic carbocycles. The van der Waals surface area contributed by atoms with Crippen molar-refractivity contribution in [2.24, 2.45) is 5.92 Å². The first-order valence-electron chi connectivity index (χ1n) is 8.88. The average Bonchev–Trinajstić information content (AvgIpc) is 2.62. The minimum absolute atomic E-state index is 0.0870. The molecule has 1 amide bonds. The number of carboxylic acid groups (broad SMARTS) is 1. The smallest absolute Gasteiger partial charge is 0.329 e. The van der Waals surface area contributed by atoms with Gasteiger partial charge in [0.05, 0.1) is 4.90 Å². The zero-order valence-corrected chi connectivity index (χ0v) is 15.7. The van der Waals surface area contributed by atoms with Crippen molar-refractivity contribution in [3.05, 3.63) is 30.3 Å². The highest BCUT2D eigenvalue weighted by molar-refractivity contribution is 7.89. The van der Waals surface area contributed by atoms with Gasteiger partial charge < -0.3 is 10.4 Å². The number of carbonyl (C=O) groups is 2. The van der Waals surface area contributed by atoms with E-state index in [-0.39, 0.29) is 17.9 Å². The van der Waals surface area contributed by atoms with E-state index >= 15 is 0 Å². The maximum atomic E-state index is 12.2. The first-order valence-corrected chi connectivity index (χ1v) is 10.4. The van der Waals surface area contributed by atoms with Gasteiger partial charge in [-0.05, 0) is 43.7 Å². The van der Waals surface area contributed by atoms with E-state index in [2.05, 4.69) is 17.0 Å². The lowest BCUT2D eigenvalue weighted by atomic mass is 9.75. The van der Waals surface area contributed by atoms with Gasteiger partial charge >= 0.3 is 5.97 Å².